The summed E-state index contributed by atoms with van der Waals surface area (Å²) in [5.74, 6) is -0.608. The summed E-state index contributed by atoms with van der Waals surface area (Å²) in [5.41, 5.74) is 0.579. The van der Waals surface area contributed by atoms with Crippen LogP contribution in [0.2, 0.25) is 0 Å². The fourth-order valence-corrected chi connectivity index (χ4v) is 2.35. The van der Waals surface area contributed by atoms with E-state index in [9.17, 15) is 9.59 Å². The van der Waals surface area contributed by atoms with Gasteiger partial charge in [-0.3, -0.25) is 4.79 Å². The van der Waals surface area contributed by atoms with Crippen molar-refractivity contribution in [2.45, 2.75) is 25.9 Å². The number of amides is 1. The third-order valence-electron chi connectivity index (χ3n) is 3.42. The van der Waals surface area contributed by atoms with Gasteiger partial charge in [-0.2, -0.15) is 0 Å². The Kier molecular flexibility index (Phi) is 4.44. The van der Waals surface area contributed by atoms with E-state index in [1.54, 1.807) is 6.07 Å². The fourth-order valence-electron chi connectivity index (χ4n) is 2.35. The van der Waals surface area contributed by atoms with Gasteiger partial charge < -0.3 is 18.9 Å². The fraction of sp³-hybridized carbons (Fsp3) is 0.571. The van der Waals surface area contributed by atoms with E-state index in [0.717, 1.165) is 0 Å². The molecule has 6 heteroatoms. The van der Waals surface area contributed by atoms with Gasteiger partial charge in [-0.05, 0) is 26.0 Å². The minimum atomic E-state index is -0.670. The SMILES string of the molecule is COC(=O)C1COCCN1C(=O)c1cccn1C(C)C. The van der Waals surface area contributed by atoms with E-state index in [-0.39, 0.29) is 18.6 Å². The Morgan fingerprint density at radius 2 is 2.20 bits per heavy atom. The van der Waals surface area contributed by atoms with Crippen molar-refractivity contribution in [2.24, 2.45) is 0 Å². The molecule has 0 spiro atoms. The van der Waals surface area contributed by atoms with Crippen LogP contribution in [-0.4, -0.2) is 54.3 Å². The molecule has 1 fully saturated rings. The summed E-state index contributed by atoms with van der Waals surface area (Å²) in [6.07, 6.45) is 1.87. The van der Waals surface area contributed by atoms with Crippen LogP contribution in [0.4, 0.5) is 0 Å². The number of hydrogen-bond acceptors (Lipinski definition) is 4. The lowest BCUT2D eigenvalue weighted by atomic mass is 10.2. The Hall–Kier alpha value is -1.82. The first-order chi connectivity index (χ1) is 9.56. The standard InChI is InChI=1S/C14H20N2O4/c1-10(2)15-6-4-5-11(15)13(17)16-7-8-20-9-12(16)14(18)19-3/h4-6,10,12H,7-9H2,1-3H3. The maximum Gasteiger partial charge on any atom is 0.331 e. The Bertz CT molecular complexity index is 495. The molecule has 110 valence electrons. The number of rotatable bonds is 3. The van der Waals surface area contributed by atoms with Gasteiger partial charge in [-0.15, -0.1) is 0 Å². The lowest BCUT2D eigenvalue weighted by Gasteiger charge is -2.34. The lowest BCUT2D eigenvalue weighted by Crippen LogP contribution is -2.53. The zero-order chi connectivity index (χ0) is 14.7. The van der Waals surface area contributed by atoms with Crippen LogP contribution in [0.3, 0.4) is 0 Å². The molecule has 1 saturated heterocycles. The van der Waals surface area contributed by atoms with Crippen molar-refractivity contribution < 1.29 is 19.1 Å². The van der Waals surface area contributed by atoms with E-state index in [2.05, 4.69) is 0 Å². The second kappa shape index (κ2) is 6.09. The van der Waals surface area contributed by atoms with Gasteiger partial charge in [-0.1, -0.05) is 0 Å². The number of hydrogen-bond donors (Lipinski definition) is 0. The number of aromatic nitrogens is 1. The third kappa shape index (κ3) is 2.70. The third-order valence-corrected chi connectivity index (χ3v) is 3.42. The summed E-state index contributed by atoms with van der Waals surface area (Å²) >= 11 is 0. The van der Waals surface area contributed by atoms with Crippen molar-refractivity contribution in [3.05, 3.63) is 24.0 Å². The highest BCUT2D eigenvalue weighted by Crippen LogP contribution is 2.17. The van der Waals surface area contributed by atoms with Crippen LogP contribution < -0.4 is 0 Å². The zero-order valence-corrected chi connectivity index (χ0v) is 12.0. The van der Waals surface area contributed by atoms with Gasteiger partial charge in [-0.25, -0.2) is 4.79 Å². The highest BCUT2D eigenvalue weighted by Gasteiger charge is 2.35. The van der Waals surface area contributed by atoms with E-state index >= 15 is 0 Å². The molecular weight excluding hydrogens is 260 g/mol. The zero-order valence-electron chi connectivity index (χ0n) is 12.0. The quantitative estimate of drug-likeness (QED) is 0.777. The number of morpholine rings is 1. The highest BCUT2D eigenvalue weighted by molar-refractivity contribution is 5.95. The largest absolute Gasteiger partial charge is 0.467 e. The molecule has 20 heavy (non-hydrogen) atoms. The molecule has 0 aliphatic carbocycles. The molecule has 1 atom stereocenters. The average Bonchev–Trinajstić information content (AvgIpc) is 2.95. The van der Waals surface area contributed by atoms with Crippen LogP contribution in [0.1, 0.15) is 30.4 Å². The molecular formula is C14H20N2O4. The van der Waals surface area contributed by atoms with Crippen molar-refractivity contribution >= 4 is 11.9 Å². The summed E-state index contributed by atoms with van der Waals surface area (Å²) in [5, 5.41) is 0. The molecule has 0 N–H and O–H groups in total. The van der Waals surface area contributed by atoms with Crippen molar-refractivity contribution in [2.75, 3.05) is 26.9 Å². The molecule has 0 bridgehead atoms. The Morgan fingerprint density at radius 1 is 1.45 bits per heavy atom. The predicted molar refractivity (Wildman–Crippen MR) is 72.5 cm³/mol. The summed E-state index contributed by atoms with van der Waals surface area (Å²) in [7, 11) is 1.32. The first kappa shape index (κ1) is 14.6. The van der Waals surface area contributed by atoms with Gasteiger partial charge >= 0.3 is 5.97 Å². The van der Waals surface area contributed by atoms with Crippen molar-refractivity contribution in [3.8, 4) is 0 Å². The van der Waals surface area contributed by atoms with Gasteiger partial charge in [0, 0.05) is 18.8 Å². The molecule has 1 aliphatic heterocycles. The Labute approximate surface area is 118 Å². The summed E-state index contributed by atoms with van der Waals surface area (Å²) in [6, 6.07) is 3.12. The molecule has 2 rings (SSSR count). The van der Waals surface area contributed by atoms with E-state index in [4.69, 9.17) is 9.47 Å². The van der Waals surface area contributed by atoms with E-state index in [0.29, 0.717) is 18.8 Å². The summed E-state index contributed by atoms with van der Waals surface area (Å²) < 4.78 is 11.9. The monoisotopic (exact) mass is 280 g/mol. The minimum Gasteiger partial charge on any atom is -0.467 e. The van der Waals surface area contributed by atoms with Crippen molar-refractivity contribution in [1.29, 1.82) is 0 Å². The van der Waals surface area contributed by atoms with Crippen LogP contribution in [0.15, 0.2) is 18.3 Å². The van der Waals surface area contributed by atoms with Crippen LogP contribution >= 0.6 is 0 Å². The minimum absolute atomic E-state index is 0.164. The number of carbonyl (C=O) groups excluding carboxylic acids is 2. The molecule has 1 aromatic heterocycles. The topological polar surface area (TPSA) is 60.8 Å². The molecule has 1 aliphatic rings. The van der Waals surface area contributed by atoms with E-state index in [1.165, 1.54) is 12.0 Å². The number of carbonyl (C=O) groups is 2. The number of nitrogens with zero attached hydrogens (tertiary/aromatic N) is 2. The average molecular weight is 280 g/mol. The summed E-state index contributed by atoms with van der Waals surface area (Å²) in [4.78, 5) is 26.0. The normalized spacial score (nSPS) is 19.2. The molecule has 1 aromatic rings. The maximum absolute atomic E-state index is 12.7. The number of methoxy groups -OCH3 is 1. The lowest BCUT2D eigenvalue weighted by molar-refractivity contribution is -0.151. The first-order valence-corrected chi connectivity index (χ1v) is 6.69. The molecule has 0 radical (unpaired) electrons. The van der Waals surface area contributed by atoms with E-state index < -0.39 is 12.0 Å². The van der Waals surface area contributed by atoms with Gasteiger partial charge in [0.15, 0.2) is 6.04 Å². The van der Waals surface area contributed by atoms with Gasteiger partial charge in [0.2, 0.25) is 0 Å². The highest BCUT2D eigenvalue weighted by atomic mass is 16.5. The van der Waals surface area contributed by atoms with Crippen LogP contribution in [0, 0.1) is 0 Å². The summed E-state index contributed by atoms with van der Waals surface area (Å²) in [6.45, 7) is 5.02. The predicted octanol–water partition coefficient (Wildman–Crippen LogP) is 1.08. The molecule has 0 aromatic carbocycles. The smallest absolute Gasteiger partial charge is 0.331 e. The van der Waals surface area contributed by atoms with Crippen LogP contribution in [0.5, 0.6) is 0 Å². The van der Waals surface area contributed by atoms with Gasteiger partial charge in [0.1, 0.15) is 5.69 Å². The molecule has 6 nitrogen and oxygen atoms in total. The molecule has 1 amide bonds. The second-order valence-corrected chi connectivity index (χ2v) is 5.01. The maximum atomic E-state index is 12.7. The van der Waals surface area contributed by atoms with Crippen molar-refractivity contribution in [3.63, 3.8) is 0 Å². The first-order valence-electron chi connectivity index (χ1n) is 6.69. The van der Waals surface area contributed by atoms with Crippen LogP contribution in [-0.2, 0) is 14.3 Å². The molecule has 1 unspecified atom stereocenters. The molecule has 2 heterocycles. The molecule has 0 saturated carbocycles. The number of ether oxygens (including phenoxy) is 2. The van der Waals surface area contributed by atoms with Crippen LogP contribution in [0.25, 0.3) is 0 Å². The Morgan fingerprint density at radius 3 is 2.85 bits per heavy atom. The number of esters is 1. The van der Waals surface area contributed by atoms with Gasteiger partial charge in [0.05, 0.1) is 20.3 Å². The Balaban J connectivity index is 2.25. The van der Waals surface area contributed by atoms with E-state index in [1.807, 2.05) is 30.7 Å². The van der Waals surface area contributed by atoms with Gasteiger partial charge in [0.25, 0.3) is 5.91 Å². The second-order valence-electron chi connectivity index (χ2n) is 5.01. The van der Waals surface area contributed by atoms with Crippen molar-refractivity contribution in [1.82, 2.24) is 9.47 Å².